The van der Waals surface area contributed by atoms with Gasteiger partial charge in [-0.2, -0.15) is 0 Å². The van der Waals surface area contributed by atoms with Crippen LogP contribution < -0.4 is 10.9 Å². The number of fused-ring (bicyclic) bond motifs is 1. The zero-order valence-electron chi connectivity index (χ0n) is 18.3. The Kier molecular flexibility index (Phi) is 6.47. The minimum absolute atomic E-state index is 0.0788. The first-order valence-electron chi connectivity index (χ1n) is 10.5. The second-order valence-corrected chi connectivity index (χ2v) is 8.47. The van der Waals surface area contributed by atoms with E-state index >= 15 is 0 Å². The smallest absolute Gasteiger partial charge is 0.321 e. The minimum atomic E-state index is -0.387. The summed E-state index contributed by atoms with van der Waals surface area (Å²) in [6.45, 7) is 4.20. The molecular weight excluding hydrogens is 441 g/mol. The molecule has 1 aromatic heterocycles. The van der Waals surface area contributed by atoms with E-state index in [2.05, 4.69) is 10.3 Å². The Labute approximate surface area is 195 Å². The topological polar surface area (TPSA) is 65.2 Å². The molecule has 7 heteroatoms. The third kappa shape index (κ3) is 5.23. The number of benzene rings is 3. The first-order valence-corrected chi connectivity index (χ1v) is 10.9. The van der Waals surface area contributed by atoms with Crippen LogP contribution in [0.25, 0.3) is 10.9 Å². The molecule has 0 spiro atoms. The average molecular weight is 464 g/mol. The van der Waals surface area contributed by atoms with Crippen LogP contribution in [0.2, 0.25) is 5.02 Å². The van der Waals surface area contributed by atoms with Gasteiger partial charge >= 0.3 is 6.03 Å². The van der Waals surface area contributed by atoms with E-state index in [0.717, 1.165) is 27.6 Å². The minimum Gasteiger partial charge on any atom is -0.321 e. The molecule has 2 N–H and O–H groups in total. The zero-order chi connectivity index (χ0) is 23.5. The summed E-state index contributed by atoms with van der Waals surface area (Å²) >= 11 is 5.94. The molecule has 0 aliphatic heterocycles. The van der Waals surface area contributed by atoms with E-state index in [9.17, 15) is 14.0 Å². The SMILES string of the molecule is Cc1ccc(C)c2[nH]c(=O)c(CN(Cc3ccc(F)cc3)C(=O)Nc3ccc(Cl)cc3)cc12. The van der Waals surface area contributed by atoms with Crippen molar-refractivity contribution in [3.05, 3.63) is 110 Å². The van der Waals surface area contributed by atoms with Crippen molar-refractivity contribution in [2.24, 2.45) is 0 Å². The van der Waals surface area contributed by atoms with Crippen molar-refractivity contribution in [1.82, 2.24) is 9.88 Å². The summed E-state index contributed by atoms with van der Waals surface area (Å²) in [6, 6.07) is 18.1. The van der Waals surface area contributed by atoms with E-state index in [1.54, 1.807) is 36.4 Å². The highest BCUT2D eigenvalue weighted by Crippen LogP contribution is 2.21. The molecule has 0 unspecified atom stereocenters. The Morgan fingerprint density at radius 2 is 1.64 bits per heavy atom. The normalized spacial score (nSPS) is 10.9. The summed E-state index contributed by atoms with van der Waals surface area (Å²) in [6.07, 6.45) is 0. The van der Waals surface area contributed by atoms with Crippen molar-refractivity contribution in [3.63, 3.8) is 0 Å². The first-order chi connectivity index (χ1) is 15.8. The van der Waals surface area contributed by atoms with Crippen LogP contribution in [0, 0.1) is 19.7 Å². The van der Waals surface area contributed by atoms with Crippen molar-refractivity contribution < 1.29 is 9.18 Å². The number of hydrogen-bond acceptors (Lipinski definition) is 2. The number of hydrogen-bond donors (Lipinski definition) is 2. The van der Waals surface area contributed by atoms with Crippen LogP contribution in [0.3, 0.4) is 0 Å². The van der Waals surface area contributed by atoms with Gasteiger partial charge in [0, 0.05) is 28.2 Å². The highest BCUT2D eigenvalue weighted by molar-refractivity contribution is 6.30. The summed E-state index contributed by atoms with van der Waals surface area (Å²) in [5.74, 6) is -0.354. The number of rotatable bonds is 5. The maximum atomic E-state index is 13.4. The molecule has 0 bridgehead atoms. The number of nitrogens with zero attached hydrogens (tertiary/aromatic N) is 1. The van der Waals surface area contributed by atoms with Gasteiger partial charge in [-0.05, 0) is 73.0 Å². The summed E-state index contributed by atoms with van der Waals surface area (Å²) in [5, 5.41) is 4.33. The molecule has 33 heavy (non-hydrogen) atoms. The number of aromatic amines is 1. The predicted octanol–water partition coefficient (Wildman–Crippen LogP) is 6.17. The molecule has 0 atom stereocenters. The predicted molar refractivity (Wildman–Crippen MR) is 130 cm³/mol. The lowest BCUT2D eigenvalue weighted by atomic mass is 10.0. The van der Waals surface area contributed by atoms with Gasteiger partial charge in [0.05, 0.1) is 12.1 Å². The lowest BCUT2D eigenvalue weighted by Gasteiger charge is -2.23. The number of halogens is 2. The van der Waals surface area contributed by atoms with Crippen molar-refractivity contribution in [2.45, 2.75) is 26.9 Å². The molecule has 0 aliphatic rings. The Balaban J connectivity index is 1.68. The summed E-state index contributed by atoms with van der Waals surface area (Å²) < 4.78 is 13.4. The second-order valence-electron chi connectivity index (χ2n) is 8.03. The number of amides is 2. The van der Waals surface area contributed by atoms with E-state index in [4.69, 9.17) is 11.6 Å². The third-order valence-electron chi connectivity index (χ3n) is 5.55. The van der Waals surface area contributed by atoms with Gasteiger partial charge in [-0.1, -0.05) is 35.9 Å². The zero-order valence-corrected chi connectivity index (χ0v) is 19.0. The molecule has 4 aromatic rings. The van der Waals surface area contributed by atoms with Gasteiger partial charge in [0.2, 0.25) is 0 Å². The fourth-order valence-electron chi connectivity index (χ4n) is 3.69. The number of carbonyl (C=O) groups excluding carboxylic acids is 1. The van der Waals surface area contributed by atoms with E-state index in [-0.39, 0.29) is 30.5 Å². The molecule has 0 radical (unpaired) electrons. The molecule has 0 fully saturated rings. The summed E-state index contributed by atoms with van der Waals surface area (Å²) in [5.41, 5.74) is 4.33. The maximum Gasteiger partial charge on any atom is 0.322 e. The second kappa shape index (κ2) is 9.46. The highest BCUT2D eigenvalue weighted by atomic mass is 35.5. The number of aryl methyl sites for hydroxylation is 2. The van der Waals surface area contributed by atoms with Crippen molar-refractivity contribution in [2.75, 3.05) is 5.32 Å². The van der Waals surface area contributed by atoms with Crippen molar-refractivity contribution in [3.8, 4) is 0 Å². The monoisotopic (exact) mass is 463 g/mol. The Morgan fingerprint density at radius 3 is 2.33 bits per heavy atom. The number of aromatic nitrogens is 1. The van der Waals surface area contributed by atoms with Crippen LogP contribution in [-0.2, 0) is 13.1 Å². The van der Waals surface area contributed by atoms with Gasteiger partial charge in [0.25, 0.3) is 5.56 Å². The maximum absolute atomic E-state index is 13.4. The molecule has 2 amide bonds. The van der Waals surface area contributed by atoms with Crippen LogP contribution in [-0.4, -0.2) is 15.9 Å². The van der Waals surface area contributed by atoms with Crippen LogP contribution in [0.15, 0.2) is 71.5 Å². The van der Waals surface area contributed by atoms with Gasteiger partial charge in [0.1, 0.15) is 5.82 Å². The van der Waals surface area contributed by atoms with Crippen LogP contribution in [0.4, 0.5) is 14.9 Å². The Hall–Kier alpha value is -3.64. The molecule has 3 aromatic carbocycles. The molecule has 168 valence electrons. The fourth-order valence-corrected chi connectivity index (χ4v) is 3.81. The largest absolute Gasteiger partial charge is 0.322 e. The van der Waals surface area contributed by atoms with Crippen molar-refractivity contribution >= 4 is 34.2 Å². The van der Waals surface area contributed by atoms with Crippen LogP contribution >= 0.6 is 11.6 Å². The van der Waals surface area contributed by atoms with Crippen LogP contribution in [0.5, 0.6) is 0 Å². The summed E-state index contributed by atoms with van der Waals surface area (Å²) in [7, 11) is 0. The van der Waals surface area contributed by atoms with Gasteiger partial charge in [-0.25, -0.2) is 9.18 Å². The van der Waals surface area contributed by atoms with E-state index < -0.39 is 0 Å². The number of urea groups is 1. The lowest BCUT2D eigenvalue weighted by Crippen LogP contribution is -2.35. The molecule has 4 rings (SSSR count). The Morgan fingerprint density at radius 1 is 0.970 bits per heavy atom. The van der Waals surface area contributed by atoms with Gasteiger partial charge < -0.3 is 15.2 Å². The summed E-state index contributed by atoms with van der Waals surface area (Å²) in [4.78, 5) is 30.5. The number of carbonyl (C=O) groups is 1. The number of anilines is 1. The molecule has 0 saturated carbocycles. The van der Waals surface area contributed by atoms with Gasteiger partial charge in [-0.15, -0.1) is 0 Å². The number of H-pyrrole nitrogens is 1. The molecule has 1 heterocycles. The van der Waals surface area contributed by atoms with E-state index in [1.165, 1.54) is 17.0 Å². The third-order valence-corrected chi connectivity index (χ3v) is 5.80. The van der Waals surface area contributed by atoms with E-state index in [1.807, 2.05) is 32.0 Å². The standard InChI is InChI=1S/C26H23ClFN3O2/c1-16-3-4-17(2)24-23(16)13-19(25(32)30-24)15-31(14-18-5-9-21(28)10-6-18)26(33)29-22-11-7-20(27)8-12-22/h3-13H,14-15H2,1-2H3,(H,29,33)(H,30,32). The Bertz CT molecular complexity index is 1370. The van der Waals surface area contributed by atoms with Crippen molar-refractivity contribution in [1.29, 1.82) is 0 Å². The first kappa shape index (κ1) is 22.6. The highest BCUT2D eigenvalue weighted by Gasteiger charge is 2.18. The number of nitrogens with one attached hydrogen (secondary N) is 2. The lowest BCUT2D eigenvalue weighted by molar-refractivity contribution is 0.206. The van der Waals surface area contributed by atoms with Crippen LogP contribution in [0.1, 0.15) is 22.3 Å². The average Bonchev–Trinajstić information content (AvgIpc) is 2.79. The molecule has 5 nitrogen and oxygen atoms in total. The molecule has 0 saturated heterocycles. The molecular formula is C26H23ClFN3O2. The van der Waals surface area contributed by atoms with Gasteiger partial charge in [-0.3, -0.25) is 4.79 Å². The van der Waals surface area contributed by atoms with Gasteiger partial charge in [0.15, 0.2) is 0 Å². The molecule has 0 aliphatic carbocycles. The van der Waals surface area contributed by atoms with E-state index in [0.29, 0.717) is 16.3 Å². The fraction of sp³-hybridized carbons (Fsp3) is 0.154. The number of pyridine rings is 1. The quantitative estimate of drug-likeness (QED) is 0.371.